The van der Waals surface area contributed by atoms with Crippen LogP contribution >= 0.6 is 0 Å². The lowest BCUT2D eigenvalue weighted by molar-refractivity contribution is -0.140. The number of para-hydroxylation sites is 1. The van der Waals surface area contributed by atoms with Gasteiger partial charge in [-0.15, -0.1) is 0 Å². The number of hydrogen-bond donors (Lipinski definition) is 4. The maximum absolute atomic E-state index is 13.4. The fourth-order valence-corrected chi connectivity index (χ4v) is 5.86. The summed E-state index contributed by atoms with van der Waals surface area (Å²) in [7, 11) is 0. The topological polar surface area (TPSA) is 187 Å². The molecule has 1 aromatic heterocycles. The minimum Gasteiger partial charge on any atom is -0.467 e. The monoisotopic (exact) mass is 639 g/mol. The molecule has 3 aliphatic rings. The van der Waals surface area contributed by atoms with E-state index in [1.807, 2.05) is 6.07 Å². The van der Waals surface area contributed by atoms with E-state index in [1.54, 1.807) is 29.2 Å². The SMILES string of the molecule is O=C(NC(CCCO)C(=O)N1CCN(C(=O)O)CC1)c1cc(OCC(=O)N2CCCC2C(=O)NC2CCC2)n(-c2ccccc2)n1. The molecule has 0 spiro atoms. The molecule has 2 atom stereocenters. The second-order valence-corrected chi connectivity index (χ2v) is 11.8. The Bertz CT molecular complexity index is 1400. The van der Waals surface area contributed by atoms with Gasteiger partial charge >= 0.3 is 6.09 Å². The molecule has 1 aliphatic carbocycles. The summed E-state index contributed by atoms with van der Waals surface area (Å²) in [6, 6.07) is 8.96. The van der Waals surface area contributed by atoms with E-state index in [-0.39, 0.29) is 87.6 Å². The van der Waals surface area contributed by atoms with E-state index in [0.717, 1.165) is 19.3 Å². The van der Waals surface area contributed by atoms with Gasteiger partial charge in [0, 0.05) is 51.4 Å². The lowest BCUT2D eigenvalue weighted by Crippen LogP contribution is -2.55. The van der Waals surface area contributed by atoms with Crippen molar-refractivity contribution in [1.29, 1.82) is 0 Å². The summed E-state index contributed by atoms with van der Waals surface area (Å²) < 4.78 is 7.31. The van der Waals surface area contributed by atoms with Crippen molar-refractivity contribution in [3.8, 4) is 11.6 Å². The molecule has 1 aromatic carbocycles. The fourth-order valence-electron chi connectivity index (χ4n) is 5.86. The van der Waals surface area contributed by atoms with E-state index in [2.05, 4.69) is 15.7 Å². The number of piperazine rings is 1. The fraction of sp³-hybridized carbons (Fsp3) is 0.548. The Balaban J connectivity index is 1.27. The Morgan fingerprint density at radius 3 is 2.33 bits per heavy atom. The number of aliphatic hydroxyl groups is 1. The standard InChI is InChI=1S/C31H41N7O8/c39-18-6-11-23(30(43)35-14-16-36(17-15-35)31(44)45)33-28(41)24-19-27(38(34-24)22-9-2-1-3-10-22)46-20-26(40)37-13-5-12-25(37)29(42)32-21-7-4-8-21/h1-3,9-10,19,21,23,25,39H,4-8,11-18,20H2,(H,32,42)(H,33,41)(H,44,45). The van der Waals surface area contributed by atoms with Crippen LogP contribution in [0.1, 0.15) is 55.4 Å². The molecule has 248 valence electrons. The van der Waals surface area contributed by atoms with Gasteiger partial charge in [0.15, 0.2) is 12.3 Å². The third-order valence-electron chi connectivity index (χ3n) is 8.70. The van der Waals surface area contributed by atoms with Crippen LogP contribution in [0, 0.1) is 0 Å². The summed E-state index contributed by atoms with van der Waals surface area (Å²) in [5, 5.41) is 28.8. The Morgan fingerprint density at radius 1 is 0.957 bits per heavy atom. The van der Waals surface area contributed by atoms with Crippen molar-refractivity contribution in [3.63, 3.8) is 0 Å². The number of carbonyl (C=O) groups excluding carboxylic acids is 4. The molecular weight excluding hydrogens is 598 g/mol. The van der Waals surface area contributed by atoms with Gasteiger partial charge in [-0.05, 0) is 57.1 Å². The molecular formula is C31H41N7O8. The van der Waals surface area contributed by atoms with Crippen molar-refractivity contribution >= 4 is 29.7 Å². The number of hydrogen-bond acceptors (Lipinski definition) is 8. The van der Waals surface area contributed by atoms with Gasteiger partial charge in [0.1, 0.15) is 12.1 Å². The van der Waals surface area contributed by atoms with Gasteiger partial charge in [0.05, 0.1) is 5.69 Å². The first-order chi connectivity index (χ1) is 22.2. The van der Waals surface area contributed by atoms with E-state index < -0.39 is 24.1 Å². The van der Waals surface area contributed by atoms with Crippen LogP contribution < -0.4 is 15.4 Å². The smallest absolute Gasteiger partial charge is 0.407 e. The highest BCUT2D eigenvalue weighted by molar-refractivity contribution is 5.96. The van der Waals surface area contributed by atoms with Crippen molar-refractivity contribution in [2.24, 2.45) is 0 Å². The number of nitrogens with zero attached hydrogens (tertiary/aromatic N) is 5. The molecule has 4 N–H and O–H groups in total. The summed E-state index contributed by atoms with van der Waals surface area (Å²) in [6.45, 7) is 0.591. The number of ether oxygens (including phenoxy) is 1. The summed E-state index contributed by atoms with van der Waals surface area (Å²) in [5.74, 6) is -1.40. The number of carbonyl (C=O) groups is 5. The van der Waals surface area contributed by atoms with Crippen molar-refractivity contribution < 1.29 is 38.9 Å². The lowest BCUT2D eigenvalue weighted by Gasteiger charge is -2.35. The molecule has 0 radical (unpaired) electrons. The number of nitrogens with one attached hydrogen (secondary N) is 2. The minimum absolute atomic E-state index is 0.0530. The van der Waals surface area contributed by atoms with Crippen LogP contribution in [-0.2, 0) is 14.4 Å². The largest absolute Gasteiger partial charge is 0.467 e. The van der Waals surface area contributed by atoms with Gasteiger partial charge in [-0.25, -0.2) is 9.48 Å². The maximum Gasteiger partial charge on any atom is 0.407 e. The van der Waals surface area contributed by atoms with Crippen LogP contribution in [0.25, 0.3) is 5.69 Å². The van der Waals surface area contributed by atoms with Crippen LogP contribution in [0.3, 0.4) is 0 Å². The van der Waals surface area contributed by atoms with Crippen molar-refractivity contribution in [3.05, 3.63) is 42.1 Å². The van der Waals surface area contributed by atoms with Crippen molar-refractivity contribution in [2.45, 2.75) is 63.1 Å². The average Bonchev–Trinajstić information content (AvgIpc) is 3.72. The third-order valence-corrected chi connectivity index (χ3v) is 8.70. The first-order valence-electron chi connectivity index (χ1n) is 15.8. The highest BCUT2D eigenvalue weighted by Gasteiger charge is 2.36. The summed E-state index contributed by atoms with van der Waals surface area (Å²) in [6.07, 6.45) is 3.67. The molecule has 1 saturated carbocycles. The van der Waals surface area contributed by atoms with Crippen LogP contribution in [0.2, 0.25) is 0 Å². The maximum atomic E-state index is 13.4. The van der Waals surface area contributed by atoms with E-state index in [9.17, 15) is 34.2 Å². The van der Waals surface area contributed by atoms with E-state index >= 15 is 0 Å². The predicted octanol–water partition coefficient (Wildman–Crippen LogP) is 0.604. The average molecular weight is 640 g/mol. The predicted molar refractivity (Wildman–Crippen MR) is 163 cm³/mol. The van der Waals surface area contributed by atoms with Crippen LogP contribution in [0.5, 0.6) is 5.88 Å². The van der Waals surface area contributed by atoms with Gasteiger partial charge in [-0.1, -0.05) is 18.2 Å². The normalized spacial score (nSPS) is 18.9. The number of aliphatic hydroxyl groups excluding tert-OH is 1. The molecule has 3 heterocycles. The van der Waals surface area contributed by atoms with E-state index in [0.29, 0.717) is 25.1 Å². The second-order valence-electron chi connectivity index (χ2n) is 11.8. The molecule has 15 heteroatoms. The Morgan fingerprint density at radius 2 is 1.67 bits per heavy atom. The zero-order valence-corrected chi connectivity index (χ0v) is 25.7. The second kappa shape index (κ2) is 15.1. The van der Waals surface area contributed by atoms with Crippen molar-refractivity contribution in [2.75, 3.05) is 45.9 Å². The highest BCUT2D eigenvalue weighted by atomic mass is 16.5. The molecule has 2 aliphatic heterocycles. The Hall–Kier alpha value is -4.66. The van der Waals surface area contributed by atoms with Crippen LogP contribution in [0.15, 0.2) is 36.4 Å². The van der Waals surface area contributed by atoms with Gasteiger partial charge < -0.3 is 40.3 Å². The summed E-state index contributed by atoms with van der Waals surface area (Å²) in [4.78, 5) is 68.4. The molecule has 2 saturated heterocycles. The number of amides is 5. The minimum atomic E-state index is -1.05. The molecule has 15 nitrogen and oxygen atoms in total. The molecule has 2 aromatic rings. The lowest BCUT2D eigenvalue weighted by atomic mass is 9.93. The molecule has 5 rings (SSSR count). The molecule has 0 bridgehead atoms. The Kier molecular flexibility index (Phi) is 10.7. The molecule has 3 fully saturated rings. The van der Waals surface area contributed by atoms with Crippen LogP contribution in [-0.4, -0.2) is 128 Å². The zero-order chi connectivity index (χ0) is 32.6. The van der Waals surface area contributed by atoms with E-state index in [4.69, 9.17) is 4.74 Å². The van der Waals surface area contributed by atoms with Gasteiger partial charge in [-0.3, -0.25) is 19.2 Å². The van der Waals surface area contributed by atoms with Gasteiger partial charge in [-0.2, -0.15) is 5.10 Å². The van der Waals surface area contributed by atoms with Crippen molar-refractivity contribution in [1.82, 2.24) is 35.1 Å². The Labute approximate surface area is 266 Å². The number of likely N-dealkylation sites (tertiary alicyclic amines) is 1. The molecule has 46 heavy (non-hydrogen) atoms. The number of benzene rings is 1. The summed E-state index contributed by atoms with van der Waals surface area (Å²) in [5.41, 5.74) is 0.523. The molecule has 5 amide bonds. The third kappa shape index (κ3) is 7.76. The van der Waals surface area contributed by atoms with E-state index in [1.165, 1.54) is 20.5 Å². The first-order valence-corrected chi connectivity index (χ1v) is 15.8. The number of aromatic nitrogens is 2. The zero-order valence-electron chi connectivity index (χ0n) is 25.7. The number of rotatable bonds is 12. The van der Waals surface area contributed by atoms with Gasteiger partial charge in [0.2, 0.25) is 17.7 Å². The first kappa shape index (κ1) is 32.7. The van der Waals surface area contributed by atoms with Crippen LogP contribution in [0.4, 0.5) is 4.79 Å². The highest BCUT2D eigenvalue weighted by Crippen LogP contribution is 2.24. The molecule has 2 unspecified atom stereocenters. The van der Waals surface area contributed by atoms with Gasteiger partial charge in [0.25, 0.3) is 11.8 Å². The number of carboxylic acid groups (broad SMARTS) is 1. The quantitative estimate of drug-likeness (QED) is 0.258. The summed E-state index contributed by atoms with van der Waals surface area (Å²) >= 11 is 0.